The summed E-state index contributed by atoms with van der Waals surface area (Å²) in [6.07, 6.45) is -2.79. The third kappa shape index (κ3) is 6.59. The topological polar surface area (TPSA) is 91.0 Å². The van der Waals surface area contributed by atoms with E-state index < -0.39 is 17.6 Å². The van der Waals surface area contributed by atoms with Crippen molar-refractivity contribution in [2.24, 2.45) is 0 Å². The standard InChI is InChI=1S/C26H29F3N4O4/c1-37-25(36)17-5-7-21(8-6-17)33-12-10-22(16-33)32-11-9-20(15-32)31-23(34)14-30-24(35)18-3-2-4-19(13-18)26(27,28)29/h2-8,13,20,22H,9-12,14-16H2,1H3,(H,30,35)(H,31,34)/t20-,22?/m1/s1. The first-order valence-electron chi connectivity index (χ1n) is 12.1. The smallest absolute Gasteiger partial charge is 0.416 e. The maximum atomic E-state index is 12.9. The number of hydrogen-bond donors (Lipinski definition) is 2. The number of ether oxygens (including phenoxy) is 1. The molecule has 2 fully saturated rings. The summed E-state index contributed by atoms with van der Waals surface area (Å²) >= 11 is 0. The van der Waals surface area contributed by atoms with Gasteiger partial charge in [-0.05, 0) is 55.3 Å². The number of carbonyl (C=O) groups excluding carboxylic acids is 3. The fraction of sp³-hybridized carbons (Fsp3) is 0.423. The van der Waals surface area contributed by atoms with Gasteiger partial charge in [-0.3, -0.25) is 14.5 Å². The summed E-state index contributed by atoms with van der Waals surface area (Å²) in [5, 5.41) is 5.30. The van der Waals surface area contributed by atoms with E-state index in [9.17, 15) is 27.6 Å². The highest BCUT2D eigenvalue weighted by molar-refractivity contribution is 5.96. The first kappa shape index (κ1) is 26.5. The van der Waals surface area contributed by atoms with Gasteiger partial charge in [0.05, 0.1) is 24.8 Å². The van der Waals surface area contributed by atoms with Crippen LogP contribution < -0.4 is 15.5 Å². The lowest BCUT2D eigenvalue weighted by Gasteiger charge is -2.25. The van der Waals surface area contributed by atoms with E-state index in [-0.39, 0.29) is 30.0 Å². The van der Waals surface area contributed by atoms with E-state index in [1.807, 2.05) is 12.1 Å². The number of hydrogen-bond acceptors (Lipinski definition) is 6. The molecule has 4 rings (SSSR count). The lowest BCUT2D eigenvalue weighted by atomic mass is 10.1. The number of rotatable bonds is 7. The average molecular weight is 519 g/mol. The monoisotopic (exact) mass is 518 g/mol. The van der Waals surface area contributed by atoms with E-state index in [1.165, 1.54) is 13.2 Å². The molecule has 11 heteroatoms. The van der Waals surface area contributed by atoms with Crippen LogP contribution in [-0.2, 0) is 15.7 Å². The van der Waals surface area contributed by atoms with Crippen LogP contribution >= 0.6 is 0 Å². The quantitative estimate of drug-likeness (QED) is 0.548. The molecule has 0 radical (unpaired) electrons. The van der Waals surface area contributed by atoms with Crippen molar-refractivity contribution < 1.29 is 32.3 Å². The summed E-state index contributed by atoms with van der Waals surface area (Å²) < 4.78 is 43.3. The van der Waals surface area contributed by atoms with Gasteiger partial charge in [0.2, 0.25) is 5.91 Å². The zero-order valence-electron chi connectivity index (χ0n) is 20.4. The second-order valence-corrected chi connectivity index (χ2v) is 9.24. The van der Waals surface area contributed by atoms with Crippen LogP contribution in [0.2, 0.25) is 0 Å². The Kier molecular flexibility index (Phi) is 8.01. The molecule has 8 nitrogen and oxygen atoms in total. The minimum Gasteiger partial charge on any atom is -0.465 e. The number of methoxy groups -OCH3 is 1. The molecule has 0 aromatic heterocycles. The van der Waals surface area contributed by atoms with Crippen LogP contribution in [-0.4, -0.2) is 74.6 Å². The number of alkyl halides is 3. The van der Waals surface area contributed by atoms with Gasteiger partial charge >= 0.3 is 12.1 Å². The molecule has 37 heavy (non-hydrogen) atoms. The van der Waals surface area contributed by atoms with Crippen LogP contribution in [0.15, 0.2) is 48.5 Å². The van der Waals surface area contributed by atoms with E-state index in [0.717, 1.165) is 56.4 Å². The van der Waals surface area contributed by atoms with Crippen LogP contribution in [0.5, 0.6) is 0 Å². The third-order valence-electron chi connectivity index (χ3n) is 6.78. The van der Waals surface area contributed by atoms with Crippen molar-refractivity contribution in [1.82, 2.24) is 15.5 Å². The van der Waals surface area contributed by atoms with Crippen molar-refractivity contribution in [1.29, 1.82) is 0 Å². The van der Waals surface area contributed by atoms with Gasteiger partial charge < -0.3 is 20.3 Å². The van der Waals surface area contributed by atoms with Crippen molar-refractivity contribution in [3.8, 4) is 0 Å². The Bertz CT molecular complexity index is 1140. The Morgan fingerprint density at radius 3 is 2.46 bits per heavy atom. The number of nitrogens with zero attached hydrogens (tertiary/aromatic N) is 2. The highest BCUT2D eigenvalue weighted by Crippen LogP contribution is 2.29. The predicted octanol–water partition coefficient (Wildman–Crippen LogP) is 2.69. The summed E-state index contributed by atoms with van der Waals surface area (Å²) in [4.78, 5) is 40.8. The minimum absolute atomic E-state index is 0.0636. The Morgan fingerprint density at radius 1 is 1.00 bits per heavy atom. The Morgan fingerprint density at radius 2 is 1.76 bits per heavy atom. The molecule has 2 aliphatic heterocycles. The third-order valence-corrected chi connectivity index (χ3v) is 6.78. The van der Waals surface area contributed by atoms with Crippen molar-refractivity contribution in [2.45, 2.75) is 31.1 Å². The molecule has 2 saturated heterocycles. The molecule has 1 unspecified atom stereocenters. The van der Waals surface area contributed by atoms with Crippen LogP contribution in [0.25, 0.3) is 0 Å². The first-order valence-corrected chi connectivity index (χ1v) is 12.1. The zero-order chi connectivity index (χ0) is 26.6. The van der Waals surface area contributed by atoms with Gasteiger partial charge in [-0.2, -0.15) is 13.2 Å². The minimum atomic E-state index is -4.55. The van der Waals surface area contributed by atoms with Gasteiger partial charge in [-0.15, -0.1) is 0 Å². The van der Waals surface area contributed by atoms with Gasteiger partial charge in [-0.1, -0.05) is 6.07 Å². The van der Waals surface area contributed by atoms with E-state index in [1.54, 1.807) is 12.1 Å². The fourth-order valence-electron chi connectivity index (χ4n) is 4.82. The fourth-order valence-corrected chi connectivity index (χ4v) is 4.82. The second kappa shape index (κ2) is 11.2. The summed E-state index contributed by atoms with van der Waals surface area (Å²) in [5.74, 6) is -1.49. The van der Waals surface area contributed by atoms with E-state index in [2.05, 4.69) is 20.4 Å². The largest absolute Gasteiger partial charge is 0.465 e. The van der Waals surface area contributed by atoms with Gasteiger partial charge in [0.25, 0.3) is 5.91 Å². The van der Waals surface area contributed by atoms with Gasteiger partial charge in [0.15, 0.2) is 0 Å². The van der Waals surface area contributed by atoms with E-state index >= 15 is 0 Å². The summed E-state index contributed by atoms with van der Waals surface area (Å²) in [6.45, 7) is 2.93. The summed E-state index contributed by atoms with van der Waals surface area (Å²) in [7, 11) is 1.35. The summed E-state index contributed by atoms with van der Waals surface area (Å²) in [5.41, 5.74) is 0.474. The molecule has 2 heterocycles. The van der Waals surface area contributed by atoms with Crippen LogP contribution in [0, 0.1) is 0 Å². The molecule has 0 bridgehead atoms. The molecular weight excluding hydrogens is 489 g/mol. The maximum Gasteiger partial charge on any atom is 0.416 e. The van der Waals surface area contributed by atoms with Gasteiger partial charge in [-0.25, -0.2) is 4.79 Å². The van der Waals surface area contributed by atoms with Crippen molar-refractivity contribution in [3.63, 3.8) is 0 Å². The lowest BCUT2D eigenvalue weighted by Crippen LogP contribution is -2.44. The number of amides is 2. The number of likely N-dealkylation sites (tertiary alicyclic amines) is 1. The molecule has 2 aliphatic rings. The van der Waals surface area contributed by atoms with E-state index in [0.29, 0.717) is 18.2 Å². The Labute approximate surface area is 212 Å². The van der Waals surface area contributed by atoms with Crippen LogP contribution in [0.4, 0.5) is 18.9 Å². The van der Waals surface area contributed by atoms with Crippen LogP contribution in [0.3, 0.4) is 0 Å². The van der Waals surface area contributed by atoms with Crippen LogP contribution in [0.1, 0.15) is 39.1 Å². The predicted molar refractivity (Wildman–Crippen MR) is 130 cm³/mol. The number of esters is 1. The highest BCUT2D eigenvalue weighted by Gasteiger charge is 2.34. The molecule has 2 aromatic carbocycles. The first-order chi connectivity index (χ1) is 17.6. The van der Waals surface area contributed by atoms with Gasteiger partial charge in [0, 0.05) is 49.5 Å². The number of benzene rings is 2. The normalized spacial score (nSPS) is 20.1. The zero-order valence-corrected chi connectivity index (χ0v) is 20.4. The molecule has 2 atom stereocenters. The van der Waals surface area contributed by atoms with Crippen molar-refractivity contribution in [2.75, 3.05) is 44.7 Å². The molecular formula is C26H29F3N4O4. The van der Waals surface area contributed by atoms with Crippen molar-refractivity contribution in [3.05, 3.63) is 65.2 Å². The Balaban J connectivity index is 1.21. The molecule has 0 aliphatic carbocycles. The molecule has 198 valence electrons. The average Bonchev–Trinajstić information content (AvgIpc) is 3.56. The highest BCUT2D eigenvalue weighted by atomic mass is 19.4. The second-order valence-electron chi connectivity index (χ2n) is 9.24. The number of halogens is 3. The molecule has 2 N–H and O–H groups in total. The van der Waals surface area contributed by atoms with Crippen molar-refractivity contribution >= 4 is 23.5 Å². The van der Waals surface area contributed by atoms with E-state index in [4.69, 9.17) is 4.74 Å². The molecule has 2 amide bonds. The maximum absolute atomic E-state index is 12.9. The number of nitrogens with one attached hydrogen (secondary N) is 2. The molecule has 0 saturated carbocycles. The summed E-state index contributed by atoms with van der Waals surface area (Å²) in [6, 6.07) is 11.7. The van der Waals surface area contributed by atoms with Gasteiger partial charge in [0.1, 0.15) is 0 Å². The number of carbonyl (C=O) groups is 3. The lowest BCUT2D eigenvalue weighted by molar-refractivity contribution is -0.137. The SMILES string of the molecule is COC(=O)c1ccc(N2CCC(N3CC[C@@H](NC(=O)CNC(=O)c4cccc(C(F)(F)F)c4)C3)C2)cc1. The Hall–Kier alpha value is -3.60. The molecule has 0 spiro atoms. The molecule has 2 aromatic rings. The number of anilines is 1.